The highest BCUT2D eigenvalue weighted by Crippen LogP contribution is 2.22. The lowest BCUT2D eigenvalue weighted by Gasteiger charge is -2.12. The second-order valence-electron chi connectivity index (χ2n) is 6.77. The molecule has 1 rings (SSSR count). The Labute approximate surface area is 155 Å². The highest BCUT2D eigenvalue weighted by Gasteiger charge is 2.12. The van der Waals surface area contributed by atoms with Crippen LogP contribution in [0.3, 0.4) is 0 Å². The Morgan fingerprint density at radius 3 is 2.35 bits per heavy atom. The van der Waals surface area contributed by atoms with Gasteiger partial charge >= 0.3 is 5.97 Å². The molecule has 0 fully saturated rings. The molecule has 0 aliphatic heterocycles. The molecule has 1 unspecified atom stereocenters. The third kappa shape index (κ3) is 8.75. The van der Waals surface area contributed by atoms with Crippen LogP contribution < -0.4 is 0 Å². The minimum atomic E-state index is -0.319. The van der Waals surface area contributed by atoms with E-state index >= 15 is 0 Å². The van der Waals surface area contributed by atoms with Gasteiger partial charge in [-0.2, -0.15) is 0 Å². The van der Waals surface area contributed by atoms with Crippen molar-refractivity contribution in [2.75, 3.05) is 0 Å². The minimum Gasteiger partial charge on any atom is -0.459 e. The smallest absolute Gasteiger partial charge is 0.338 e. The predicted molar refractivity (Wildman–Crippen MR) is 103 cm³/mol. The van der Waals surface area contributed by atoms with Gasteiger partial charge in [0, 0.05) is 12.8 Å². The van der Waals surface area contributed by atoms with E-state index < -0.39 is 0 Å². The highest BCUT2D eigenvalue weighted by molar-refractivity contribution is 5.89. The zero-order valence-corrected chi connectivity index (χ0v) is 16.1. The Morgan fingerprint density at radius 1 is 1.12 bits per heavy atom. The zero-order chi connectivity index (χ0) is 19.5. The van der Waals surface area contributed by atoms with Crippen molar-refractivity contribution in [2.24, 2.45) is 0 Å². The summed E-state index contributed by atoms with van der Waals surface area (Å²) >= 11 is 0. The van der Waals surface area contributed by atoms with Gasteiger partial charge < -0.3 is 4.74 Å². The topological polar surface area (TPSA) is 43.4 Å². The fourth-order valence-corrected chi connectivity index (χ4v) is 2.44. The van der Waals surface area contributed by atoms with Crippen molar-refractivity contribution in [1.29, 1.82) is 0 Å². The van der Waals surface area contributed by atoms with E-state index in [1.807, 2.05) is 26.0 Å². The molecule has 142 valence electrons. The van der Waals surface area contributed by atoms with E-state index in [1.54, 1.807) is 24.3 Å². The SMILES string of the molecule is CC(F)=CC=CCCC(=O)CCC(C)c1ccc(C(=O)OC(C)C)cc1. The number of benzene rings is 1. The number of Topliss-reactive ketones (excluding diaryl/α,β-unsaturated/α-hetero) is 1. The van der Waals surface area contributed by atoms with Crippen LogP contribution in [0, 0.1) is 0 Å². The molecule has 0 amide bonds. The Hall–Kier alpha value is -2.23. The van der Waals surface area contributed by atoms with Crippen molar-refractivity contribution < 1.29 is 18.7 Å². The van der Waals surface area contributed by atoms with Crippen LogP contribution in [0.2, 0.25) is 0 Å². The minimum absolute atomic E-state index is 0.140. The van der Waals surface area contributed by atoms with E-state index in [-0.39, 0.29) is 29.6 Å². The Balaban J connectivity index is 2.41. The first-order chi connectivity index (χ1) is 12.3. The van der Waals surface area contributed by atoms with Crippen LogP contribution in [0.25, 0.3) is 0 Å². The number of carbonyl (C=O) groups excluding carboxylic acids is 2. The highest BCUT2D eigenvalue weighted by atomic mass is 19.1. The first-order valence-electron chi connectivity index (χ1n) is 9.11. The summed E-state index contributed by atoms with van der Waals surface area (Å²) in [7, 11) is 0. The molecule has 0 saturated heterocycles. The number of ketones is 1. The molecule has 26 heavy (non-hydrogen) atoms. The van der Waals surface area contributed by atoms with E-state index in [0.717, 1.165) is 12.0 Å². The fraction of sp³-hybridized carbons (Fsp3) is 0.455. The fourth-order valence-electron chi connectivity index (χ4n) is 2.44. The third-order valence-corrected chi connectivity index (χ3v) is 3.97. The number of esters is 1. The molecule has 1 aromatic rings. The zero-order valence-electron chi connectivity index (χ0n) is 16.1. The maximum atomic E-state index is 12.5. The van der Waals surface area contributed by atoms with E-state index in [4.69, 9.17) is 4.74 Å². The van der Waals surface area contributed by atoms with Crippen molar-refractivity contribution >= 4 is 11.8 Å². The second-order valence-corrected chi connectivity index (χ2v) is 6.77. The number of hydrogen-bond donors (Lipinski definition) is 0. The van der Waals surface area contributed by atoms with Crippen molar-refractivity contribution in [3.8, 4) is 0 Å². The monoisotopic (exact) mass is 360 g/mol. The number of ether oxygens (including phenoxy) is 1. The number of halogens is 1. The maximum Gasteiger partial charge on any atom is 0.338 e. The van der Waals surface area contributed by atoms with Crippen LogP contribution in [-0.4, -0.2) is 17.9 Å². The standard InChI is InChI=1S/C22H29FO3/c1-16(2)26-22(25)20-13-11-19(12-14-20)17(3)10-15-21(24)9-7-5-6-8-18(4)23/h5-6,8,11-14,16-17H,7,9-10,15H2,1-4H3. The first-order valence-corrected chi connectivity index (χ1v) is 9.11. The van der Waals surface area contributed by atoms with E-state index in [2.05, 4.69) is 6.92 Å². The van der Waals surface area contributed by atoms with Gasteiger partial charge in [0.1, 0.15) is 5.78 Å². The van der Waals surface area contributed by atoms with Gasteiger partial charge in [-0.05, 0) is 63.3 Å². The van der Waals surface area contributed by atoms with E-state index in [9.17, 15) is 14.0 Å². The summed E-state index contributed by atoms with van der Waals surface area (Å²) in [5.41, 5.74) is 1.64. The molecule has 0 spiro atoms. The lowest BCUT2D eigenvalue weighted by atomic mass is 9.93. The predicted octanol–water partition coefficient (Wildman–Crippen LogP) is 5.91. The number of allylic oxidation sites excluding steroid dienone is 4. The lowest BCUT2D eigenvalue weighted by Crippen LogP contribution is -2.11. The Morgan fingerprint density at radius 2 is 1.77 bits per heavy atom. The molecule has 0 saturated carbocycles. The summed E-state index contributed by atoms with van der Waals surface area (Å²) in [5.74, 6) is -0.119. The molecule has 0 aliphatic carbocycles. The first kappa shape index (κ1) is 21.8. The van der Waals surface area contributed by atoms with Gasteiger partial charge in [0.15, 0.2) is 0 Å². The van der Waals surface area contributed by atoms with Gasteiger partial charge in [-0.15, -0.1) is 0 Å². The molecule has 3 nitrogen and oxygen atoms in total. The Kier molecular flexibility index (Phi) is 9.56. The molecule has 0 heterocycles. The van der Waals surface area contributed by atoms with Gasteiger partial charge in [0.2, 0.25) is 0 Å². The number of rotatable bonds is 10. The average molecular weight is 360 g/mol. The quantitative estimate of drug-likeness (QED) is 0.384. The van der Waals surface area contributed by atoms with Crippen LogP contribution in [-0.2, 0) is 9.53 Å². The summed E-state index contributed by atoms with van der Waals surface area (Å²) in [6.07, 6.45) is 7.07. The third-order valence-electron chi connectivity index (χ3n) is 3.97. The largest absolute Gasteiger partial charge is 0.459 e. The normalized spacial score (nSPS) is 13.2. The van der Waals surface area contributed by atoms with E-state index in [0.29, 0.717) is 24.8 Å². The summed E-state index contributed by atoms with van der Waals surface area (Å²) in [4.78, 5) is 23.8. The molecule has 1 atom stereocenters. The van der Waals surface area contributed by atoms with Crippen molar-refractivity contribution in [1.82, 2.24) is 0 Å². The molecule has 0 bridgehead atoms. The van der Waals surface area contributed by atoms with Gasteiger partial charge in [0.05, 0.1) is 17.5 Å². The summed E-state index contributed by atoms with van der Waals surface area (Å²) in [5, 5.41) is 0. The van der Waals surface area contributed by atoms with Crippen LogP contribution in [0.5, 0.6) is 0 Å². The molecule has 0 aromatic heterocycles. The summed E-state index contributed by atoms with van der Waals surface area (Å²) in [6, 6.07) is 7.37. The molecular weight excluding hydrogens is 331 g/mol. The molecule has 0 radical (unpaired) electrons. The van der Waals surface area contributed by atoms with Crippen molar-refractivity contribution in [3.63, 3.8) is 0 Å². The van der Waals surface area contributed by atoms with Crippen LogP contribution in [0.1, 0.15) is 75.2 Å². The number of hydrogen-bond acceptors (Lipinski definition) is 3. The number of carbonyl (C=O) groups is 2. The summed E-state index contributed by atoms with van der Waals surface area (Å²) < 4.78 is 17.7. The molecule has 0 N–H and O–H groups in total. The molecular formula is C22H29FO3. The molecule has 0 aliphatic rings. The maximum absolute atomic E-state index is 12.5. The van der Waals surface area contributed by atoms with Crippen LogP contribution in [0.4, 0.5) is 4.39 Å². The van der Waals surface area contributed by atoms with Crippen molar-refractivity contribution in [2.45, 2.75) is 65.4 Å². The summed E-state index contributed by atoms with van der Waals surface area (Å²) in [6.45, 7) is 7.10. The molecule has 1 aromatic carbocycles. The lowest BCUT2D eigenvalue weighted by molar-refractivity contribution is -0.119. The van der Waals surface area contributed by atoms with Crippen LogP contribution in [0.15, 0.2) is 48.3 Å². The average Bonchev–Trinajstić information content (AvgIpc) is 2.58. The van der Waals surface area contributed by atoms with Gasteiger partial charge in [-0.3, -0.25) is 4.79 Å². The second kappa shape index (κ2) is 11.4. The van der Waals surface area contributed by atoms with Crippen LogP contribution >= 0.6 is 0 Å². The van der Waals surface area contributed by atoms with Gasteiger partial charge in [-0.25, -0.2) is 9.18 Å². The van der Waals surface area contributed by atoms with Gasteiger partial charge in [-0.1, -0.05) is 31.2 Å². The molecule has 4 heteroatoms. The van der Waals surface area contributed by atoms with Gasteiger partial charge in [0.25, 0.3) is 0 Å². The van der Waals surface area contributed by atoms with E-state index in [1.165, 1.54) is 13.0 Å². The Bertz CT molecular complexity index is 638. The van der Waals surface area contributed by atoms with Crippen molar-refractivity contribution in [3.05, 3.63) is 59.4 Å².